The molecule has 6 heteroatoms. The quantitative estimate of drug-likeness (QED) is 0.535. The first-order chi connectivity index (χ1) is 16.2. The van der Waals surface area contributed by atoms with Gasteiger partial charge in [0.2, 0.25) is 0 Å². The first-order valence-corrected chi connectivity index (χ1v) is 12.3. The van der Waals surface area contributed by atoms with Crippen molar-refractivity contribution in [3.8, 4) is 0 Å². The molecule has 1 saturated heterocycles. The van der Waals surface area contributed by atoms with Gasteiger partial charge in [-0.1, -0.05) is 66.8 Å². The van der Waals surface area contributed by atoms with E-state index < -0.39 is 0 Å². The Kier molecular flexibility index (Phi) is 5.76. The van der Waals surface area contributed by atoms with Gasteiger partial charge in [-0.05, 0) is 45.4 Å². The maximum Gasteiger partial charge on any atom is 2.00 e. The zero-order valence-corrected chi connectivity index (χ0v) is 23.1. The topological polar surface area (TPSA) is 73.5 Å². The zero-order valence-electron chi connectivity index (χ0n) is 21.7. The van der Waals surface area contributed by atoms with Gasteiger partial charge in [-0.25, -0.2) is 0 Å². The predicted molar refractivity (Wildman–Crippen MR) is 141 cm³/mol. The summed E-state index contributed by atoms with van der Waals surface area (Å²) >= 11 is 0. The van der Waals surface area contributed by atoms with Crippen LogP contribution in [0.5, 0.6) is 0 Å². The van der Waals surface area contributed by atoms with Crippen molar-refractivity contribution in [1.82, 2.24) is 9.97 Å². The van der Waals surface area contributed by atoms with Crippen LogP contribution in [0.4, 0.5) is 0 Å². The minimum absolute atomic E-state index is 0. The summed E-state index contributed by atoms with van der Waals surface area (Å²) in [6.45, 7) is 15.1. The van der Waals surface area contributed by atoms with Crippen LogP contribution in [0.3, 0.4) is 0 Å². The van der Waals surface area contributed by atoms with Crippen LogP contribution in [0.25, 0.3) is 28.4 Å². The first-order valence-electron chi connectivity index (χ1n) is 12.3. The van der Waals surface area contributed by atoms with Gasteiger partial charge in [0, 0.05) is 12.0 Å². The fourth-order valence-electron chi connectivity index (χ4n) is 5.78. The summed E-state index contributed by atoms with van der Waals surface area (Å²) in [5, 5.41) is 12.1. The standard InChI is InChI=1S/C29H31N4O.Mg/c1-12-14(3)22-10-24-16(5)17(6)28(32-24)19-8-26(34)27-18(7)25(33-29(19)27)11-23-15(4)13(2)21(31-23)9-20(12)30-22;/h9-11,14,16-17,24H,8H2,1-7H3,(H-,32,33,34);/q-3;+2/p-1/b21-9-,22-10-,23-11-;/t14?,16-,17-,24?;/m0./s1. The normalized spacial score (nSPS) is 32.2. The molecule has 5 heterocycles. The molecule has 8 bridgehead atoms. The summed E-state index contributed by atoms with van der Waals surface area (Å²) in [6, 6.07) is 0.0487. The molecule has 0 N–H and O–H groups in total. The number of Topliss-reactive ketones (excluding diaryl/α,β-unsaturated/α-hetero) is 1. The van der Waals surface area contributed by atoms with Crippen molar-refractivity contribution >= 4 is 46.6 Å². The summed E-state index contributed by atoms with van der Waals surface area (Å²) in [6.07, 6.45) is 6.80. The van der Waals surface area contributed by atoms with Gasteiger partial charge in [-0.2, -0.15) is 11.4 Å². The molecule has 0 amide bonds. The molecule has 3 aliphatic heterocycles. The summed E-state index contributed by atoms with van der Waals surface area (Å²) in [7, 11) is 0. The average Bonchev–Trinajstić information content (AvgIpc) is 3.52. The Balaban J connectivity index is 0.00000253. The van der Waals surface area contributed by atoms with Gasteiger partial charge in [-0.3, -0.25) is 4.79 Å². The minimum Gasteiger partial charge on any atom is -0.681 e. The van der Waals surface area contributed by atoms with Gasteiger partial charge in [0.1, 0.15) is 0 Å². The second-order valence-electron chi connectivity index (χ2n) is 10.5. The number of nitrogens with zero attached hydrogens (tertiary/aromatic N) is 4. The number of fused-ring (bicyclic) bond motifs is 7. The van der Waals surface area contributed by atoms with Crippen LogP contribution >= 0.6 is 0 Å². The maximum atomic E-state index is 13.1. The van der Waals surface area contributed by atoms with Gasteiger partial charge < -0.3 is 20.6 Å². The van der Waals surface area contributed by atoms with E-state index in [1.165, 1.54) is 5.57 Å². The van der Waals surface area contributed by atoms with Gasteiger partial charge in [-0.15, -0.1) is 33.9 Å². The van der Waals surface area contributed by atoms with E-state index in [4.69, 9.17) is 20.6 Å². The van der Waals surface area contributed by atoms with Crippen molar-refractivity contribution in [1.29, 1.82) is 0 Å². The fourth-order valence-corrected chi connectivity index (χ4v) is 5.78. The Morgan fingerprint density at radius 3 is 2.31 bits per heavy atom. The Morgan fingerprint density at radius 2 is 1.60 bits per heavy atom. The number of aromatic nitrogens is 2. The monoisotopic (exact) mass is 474 g/mol. The summed E-state index contributed by atoms with van der Waals surface area (Å²) in [5.41, 5.74) is 11.1. The third-order valence-electron chi connectivity index (χ3n) is 8.69. The van der Waals surface area contributed by atoms with E-state index in [9.17, 15) is 4.79 Å². The number of rotatable bonds is 0. The third kappa shape index (κ3) is 3.44. The van der Waals surface area contributed by atoms with E-state index >= 15 is 0 Å². The molecule has 0 radical (unpaired) electrons. The molecular formula is C29H30MgN4O-2. The van der Waals surface area contributed by atoms with E-state index in [1.54, 1.807) is 0 Å². The number of carbonyl (C=O) groups excluding carboxylic acids is 1. The first kappa shape index (κ1) is 24.3. The summed E-state index contributed by atoms with van der Waals surface area (Å²) in [4.78, 5) is 23.0. The van der Waals surface area contributed by atoms with Crippen LogP contribution < -0.4 is 20.7 Å². The fraction of sp³-hybridized carbons (Fsp3) is 0.414. The van der Waals surface area contributed by atoms with Crippen LogP contribution in [0.15, 0.2) is 28.7 Å². The number of allylic oxidation sites excluding steroid dienone is 4. The summed E-state index contributed by atoms with van der Waals surface area (Å²) in [5.74, 6) is 1.00. The second-order valence-corrected chi connectivity index (χ2v) is 10.5. The Labute approximate surface area is 223 Å². The van der Waals surface area contributed by atoms with Gasteiger partial charge in [0.15, 0.2) is 5.78 Å². The predicted octanol–water partition coefficient (Wildman–Crippen LogP) is 4.28. The molecule has 4 atom stereocenters. The molecule has 35 heavy (non-hydrogen) atoms. The number of hydrogen-bond donors (Lipinski definition) is 0. The largest absolute Gasteiger partial charge is 2.00 e. The van der Waals surface area contributed by atoms with E-state index in [1.807, 2.05) is 13.0 Å². The van der Waals surface area contributed by atoms with Gasteiger partial charge in [0.25, 0.3) is 0 Å². The van der Waals surface area contributed by atoms with Crippen LogP contribution in [-0.2, 0) is 0 Å². The second kappa shape index (κ2) is 8.31. The number of ketones is 1. The molecule has 0 saturated carbocycles. The van der Waals surface area contributed by atoms with Gasteiger partial charge >= 0.3 is 23.1 Å². The SMILES string of the molecule is CC1=C2/C=c3\[n-]/c(c(C)c3C)=C\c3[n-]c4c(c3C)C(=O)C/C4=C3/[N-]C(/C=C(\[N-]2)C1C)[C@@H](C)[C@@H]3C.[Mg+2]. The van der Waals surface area contributed by atoms with E-state index in [0.29, 0.717) is 12.3 Å². The molecule has 0 spiro atoms. The molecule has 2 unspecified atom stereocenters. The van der Waals surface area contributed by atoms with Crippen molar-refractivity contribution in [2.24, 2.45) is 17.8 Å². The van der Waals surface area contributed by atoms with E-state index in [0.717, 1.165) is 67.0 Å². The molecule has 5 nitrogen and oxygen atoms in total. The van der Waals surface area contributed by atoms with Crippen molar-refractivity contribution in [3.63, 3.8) is 0 Å². The van der Waals surface area contributed by atoms with Crippen LogP contribution in [-0.4, -0.2) is 34.9 Å². The molecule has 2 aromatic rings. The van der Waals surface area contributed by atoms with Gasteiger partial charge in [0.05, 0.1) is 0 Å². The van der Waals surface area contributed by atoms with E-state index in [-0.39, 0.29) is 46.7 Å². The van der Waals surface area contributed by atoms with Crippen LogP contribution in [0, 0.1) is 38.5 Å². The molecular weight excluding hydrogens is 445 g/mol. The molecule has 176 valence electrons. The maximum absolute atomic E-state index is 13.1. The number of carbonyl (C=O) groups is 1. The van der Waals surface area contributed by atoms with E-state index in [2.05, 4.69) is 53.7 Å². The van der Waals surface area contributed by atoms with Crippen molar-refractivity contribution in [2.45, 2.75) is 60.9 Å². The smallest absolute Gasteiger partial charge is 0.681 e. The zero-order chi connectivity index (χ0) is 24.0. The van der Waals surface area contributed by atoms with Crippen molar-refractivity contribution < 1.29 is 4.79 Å². The average molecular weight is 475 g/mol. The Bertz CT molecular complexity index is 1500. The molecule has 6 rings (SSSR count). The van der Waals surface area contributed by atoms with Crippen molar-refractivity contribution in [2.75, 3.05) is 0 Å². The number of hydrogen-bond acceptors (Lipinski definition) is 1. The Hall–Kier alpha value is -2.44. The summed E-state index contributed by atoms with van der Waals surface area (Å²) < 4.78 is 0. The third-order valence-corrected chi connectivity index (χ3v) is 8.69. The molecule has 2 aromatic heterocycles. The molecule has 1 aliphatic carbocycles. The molecule has 0 aromatic carbocycles. The minimum atomic E-state index is 0. The molecule has 1 fully saturated rings. The van der Waals surface area contributed by atoms with Crippen LogP contribution in [0.1, 0.15) is 72.6 Å². The Morgan fingerprint density at radius 1 is 0.914 bits per heavy atom. The molecule has 4 aliphatic rings. The van der Waals surface area contributed by atoms with Crippen LogP contribution in [0.2, 0.25) is 0 Å². The van der Waals surface area contributed by atoms with Crippen molar-refractivity contribution in [3.05, 3.63) is 83.7 Å².